The van der Waals surface area contributed by atoms with Gasteiger partial charge in [-0.2, -0.15) is 5.10 Å². The van der Waals surface area contributed by atoms with Crippen molar-refractivity contribution >= 4 is 10.9 Å². The molecule has 142 valence electrons. The smallest absolute Gasteiger partial charge is 0.0939 e. The van der Waals surface area contributed by atoms with E-state index in [4.69, 9.17) is 4.74 Å². The zero-order chi connectivity index (χ0) is 19.1. The summed E-state index contributed by atoms with van der Waals surface area (Å²) in [5.74, 6) is 0.589. The second-order valence-electron chi connectivity index (χ2n) is 8.18. The first-order valence-electron chi connectivity index (χ1n) is 10.1. The van der Waals surface area contributed by atoms with Crippen molar-refractivity contribution in [1.29, 1.82) is 0 Å². The molecule has 0 radical (unpaired) electrons. The third-order valence-electron chi connectivity index (χ3n) is 7.09. The Bertz CT molecular complexity index is 932. The van der Waals surface area contributed by atoms with Crippen LogP contribution in [0.2, 0.25) is 0 Å². The lowest BCUT2D eigenvalue weighted by atomic mass is 9.67. The molecule has 0 aliphatic heterocycles. The fourth-order valence-corrected chi connectivity index (χ4v) is 5.65. The molecule has 3 nitrogen and oxygen atoms in total. The Hall–Kier alpha value is -2.13. The number of nitrogens with one attached hydrogen (secondary N) is 1. The van der Waals surface area contributed by atoms with E-state index in [1.54, 1.807) is 0 Å². The number of ether oxygens (including phenoxy) is 1. The first-order chi connectivity index (χ1) is 13.1. The minimum atomic E-state index is -0.213. The molecule has 0 saturated heterocycles. The van der Waals surface area contributed by atoms with E-state index >= 15 is 0 Å². The lowest BCUT2D eigenvalue weighted by Crippen LogP contribution is -2.32. The summed E-state index contributed by atoms with van der Waals surface area (Å²) in [7, 11) is 1.89. The number of methoxy groups -OCH3 is 1. The fraction of sp³-hybridized carbons (Fsp3) is 0.458. The molecule has 3 aromatic rings. The third kappa shape index (κ3) is 2.71. The van der Waals surface area contributed by atoms with Gasteiger partial charge in [-0.05, 0) is 60.9 Å². The molecule has 1 aromatic heterocycles. The number of nitrogens with zero attached hydrogens (tertiary/aromatic N) is 1. The summed E-state index contributed by atoms with van der Waals surface area (Å²) in [6.45, 7) is 6.92. The van der Waals surface area contributed by atoms with E-state index in [-0.39, 0.29) is 11.0 Å². The zero-order valence-electron chi connectivity index (χ0n) is 16.9. The number of fused-ring (bicyclic) bond motifs is 1. The van der Waals surface area contributed by atoms with Crippen LogP contribution in [-0.4, -0.2) is 17.3 Å². The van der Waals surface area contributed by atoms with E-state index in [1.807, 2.05) is 13.3 Å². The first-order valence-corrected chi connectivity index (χ1v) is 10.1. The molecule has 1 N–H and O–H groups in total. The SMILES string of the molecule is CC[C@@H]1C[C@](OC)(c2ccccc2)C[C@@]1(CC)c1cc2cn[nH]c2cc1C. The van der Waals surface area contributed by atoms with Crippen molar-refractivity contribution in [2.75, 3.05) is 7.11 Å². The van der Waals surface area contributed by atoms with Gasteiger partial charge in [-0.1, -0.05) is 50.6 Å². The molecule has 0 unspecified atom stereocenters. The maximum Gasteiger partial charge on any atom is 0.0939 e. The van der Waals surface area contributed by atoms with E-state index in [0.717, 1.165) is 31.2 Å². The maximum atomic E-state index is 6.29. The predicted molar refractivity (Wildman–Crippen MR) is 111 cm³/mol. The van der Waals surface area contributed by atoms with Crippen LogP contribution in [0.4, 0.5) is 0 Å². The molecule has 1 aliphatic rings. The molecule has 0 amide bonds. The van der Waals surface area contributed by atoms with Crippen LogP contribution < -0.4 is 0 Å². The van der Waals surface area contributed by atoms with Crippen LogP contribution in [-0.2, 0) is 15.8 Å². The molecule has 1 heterocycles. The van der Waals surface area contributed by atoms with Gasteiger partial charge in [0.2, 0.25) is 0 Å². The average Bonchev–Trinajstić information content (AvgIpc) is 3.30. The highest BCUT2D eigenvalue weighted by atomic mass is 16.5. The Morgan fingerprint density at radius 2 is 1.96 bits per heavy atom. The van der Waals surface area contributed by atoms with Gasteiger partial charge in [0.25, 0.3) is 0 Å². The van der Waals surface area contributed by atoms with Gasteiger partial charge in [0.05, 0.1) is 17.3 Å². The Kier molecular flexibility index (Phi) is 4.59. The molecule has 1 saturated carbocycles. The van der Waals surface area contributed by atoms with Crippen LogP contribution in [0.5, 0.6) is 0 Å². The normalized spacial score (nSPS) is 28.1. The molecular formula is C24H30N2O. The van der Waals surface area contributed by atoms with Gasteiger partial charge in [-0.3, -0.25) is 5.10 Å². The predicted octanol–water partition coefficient (Wildman–Crippen LogP) is 5.88. The van der Waals surface area contributed by atoms with Gasteiger partial charge < -0.3 is 4.74 Å². The first kappa shape index (κ1) is 18.2. The van der Waals surface area contributed by atoms with Crippen LogP contribution in [0.25, 0.3) is 10.9 Å². The summed E-state index contributed by atoms with van der Waals surface area (Å²) < 4.78 is 6.29. The minimum absolute atomic E-state index is 0.121. The molecule has 2 aromatic carbocycles. The Balaban J connectivity index is 1.88. The van der Waals surface area contributed by atoms with E-state index < -0.39 is 0 Å². The van der Waals surface area contributed by atoms with Crippen molar-refractivity contribution in [3.63, 3.8) is 0 Å². The van der Waals surface area contributed by atoms with Gasteiger partial charge in [-0.15, -0.1) is 0 Å². The summed E-state index contributed by atoms with van der Waals surface area (Å²) in [5, 5.41) is 8.55. The van der Waals surface area contributed by atoms with Crippen LogP contribution in [0.3, 0.4) is 0 Å². The topological polar surface area (TPSA) is 37.9 Å². The van der Waals surface area contributed by atoms with E-state index in [0.29, 0.717) is 5.92 Å². The number of hydrogen-bond acceptors (Lipinski definition) is 2. The van der Waals surface area contributed by atoms with Crippen molar-refractivity contribution in [2.24, 2.45) is 5.92 Å². The molecule has 0 bridgehead atoms. The molecule has 4 rings (SSSR count). The van der Waals surface area contributed by atoms with E-state index in [2.05, 4.69) is 73.4 Å². The molecule has 3 atom stereocenters. The van der Waals surface area contributed by atoms with Crippen LogP contribution in [0.1, 0.15) is 56.2 Å². The maximum absolute atomic E-state index is 6.29. The molecule has 1 aliphatic carbocycles. The monoisotopic (exact) mass is 362 g/mol. The largest absolute Gasteiger partial charge is 0.373 e. The zero-order valence-corrected chi connectivity index (χ0v) is 16.9. The average molecular weight is 363 g/mol. The molecule has 0 spiro atoms. The highest BCUT2D eigenvalue weighted by molar-refractivity contribution is 5.80. The van der Waals surface area contributed by atoms with Gasteiger partial charge in [-0.25, -0.2) is 0 Å². The van der Waals surface area contributed by atoms with Gasteiger partial charge in [0.1, 0.15) is 0 Å². The second kappa shape index (κ2) is 6.79. The summed E-state index contributed by atoms with van der Waals surface area (Å²) in [4.78, 5) is 0. The number of aryl methyl sites for hydroxylation is 1. The second-order valence-corrected chi connectivity index (χ2v) is 8.18. The number of rotatable bonds is 5. The van der Waals surface area contributed by atoms with Crippen molar-refractivity contribution in [1.82, 2.24) is 10.2 Å². The van der Waals surface area contributed by atoms with Crippen molar-refractivity contribution < 1.29 is 4.74 Å². The van der Waals surface area contributed by atoms with Crippen molar-refractivity contribution in [3.05, 3.63) is 65.4 Å². The standard InChI is InChI=1S/C24H30N2O/c1-5-19-14-24(27-4,20-10-8-7-9-11-20)16-23(19,6-2)21-13-18-15-25-26-22(18)12-17(21)3/h7-13,15,19H,5-6,14,16H2,1-4H3,(H,25,26)/t19-,23-,24-/m1/s1. The van der Waals surface area contributed by atoms with Gasteiger partial charge in [0, 0.05) is 17.9 Å². The van der Waals surface area contributed by atoms with Crippen LogP contribution in [0.15, 0.2) is 48.7 Å². The number of aromatic nitrogens is 2. The number of hydrogen-bond donors (Lipinski definition) is 1. The molecular weight excluding hydrogens is 332 g/mol. The van der Waals surface area contributed by atoms with E-state index in [1.165, 1.54) is 22.1 Å². The van der Waals surface area contributed by atoms with Gasteiger partial charge >= 0.3 is 0 Å². The highest BCUT2D eigenvalue weighted by Crippen LogP contribution is 2.59. The highest BCUT2D eigenvalue weighted by Gasteiger charge is 2.55. The van der Waals surface area contributed by atoms with Crippen molar-refractivity contribution in [2.45, 2.75) is 57.5 Å². The summed E-state index contributed by atoms with van der Waals surface area (Å²) in [6.07, 6.45) is 6.32. The van der Waals surface area contributed by atoms with Gasteiger partial charge in [0.15, 0.2) is 0 Å². The lowest BCUT2D eigenvalue weighted by molar-refractivity contribution is -0.0159. The summed E-state index contributed by atoms with van der Waals surface area (Å²) in [6, 6.07) is 15.4. The summed E-state index contributed by atoms with van der Waals surface area (Å²) >= 11 is 0. The van der Waals surface area contributed by atoms with Crippen LogP contribution in [0, 0.1) is 12.8 Å². The summed E-state index contributed by atoms with van der Waals surface area (Å²) in [5.41, 5.74) is 5.16. The minimum Gasteiger partial charge on any atom is -0.373 e. The number of aromatic amines is 1. The number of H-pyrrole nitrogens is 1. The quantitative estimate of drug-likeness (QED) is 0.615. The Morgan fingerprint density at radius 3 is 2.63 bits per heavy atom. The van der Waals surface area contributed by atoms with Crippen molar-refractivity contribution in [3.8, 4) is 0 Å². The molecule has 1 fully saturated rings. The molecule has 27 heavy (non-hydrogen) atoms. The lowest BCUT2D eigenvalue weighted by Gasteiger charge is -2.37. The Labute approximate surface area is 162 Å². The number of benzene rings is 2. The molecule has 3 heteroatoms. The van der Waals surface area contributed by atoms with E-state index in [9.17, 15) is 0 Å². The van der Waals surface area contributed by atoms with Crippen LogP contribution >= 0.6 is 0 Å². The fourth-order valence-electron chi connectivity index (χ4n) is 5.65. The Morgan fingerprint density at radius 1 is 1.19 bits per heavy atom. The third-order valence-corrected chi connectivity index (χ3v) is 7.09.